The minimum Gasteiger partial charge on any atom is -0.411 e. The van der Waals surface area contributed by atoms with Crippen LogP contribution in [0.2, 0.25) is 5.02 Å². The summed E-state index contributed by atoms with van der Waals surface area (Å²) in [5, 5.41) is 16.1. The second-order valence-electron chi connectivity index (χ2n) is 7.14. The van der Waals surface area contributed by atoms with Crippen LogP contribution in [0.4, 0.5) is 10.1 Å². The van der Waals surface area contributed by atoms with Gasteiger partial charge in [0.2, 0.25) is 11.5 Å². The highest BCUT2D eigenvalue weighted by Gasteiger charge is 2.22. The Kier molecular flexibility index (Phi) is 6.87. The third kappa shape index (κ3) is 5.38. The fraction of sp³-hybridized carbons (Fsp3) is 0.174. The van der Waals surface area contributed by atoms with Crippen molar-refractivity contribution in [1.29, 1.82) is 0 Å². The Morgan fingerprint density at radius 2 is 2.00 bits per heavy atom. The van der Waals surface area contributed by atoms with Gasteiger partial charge in [0.1, 0.15) is 5.82 Å². The van der Waals surface area contributed by atoms with Gasteiger partial charge in [-0.3, -0.25) is 9.59 Å². The van der Waals surface area contributed by atoms with Crippen LogP contribution < -0.4 is 10.9 Å². The molecule has 0 saturated heterocycles. The predicted octanol–water partition coefficient (Wildman–Crippen LogP) is 4.54. The van der Waals surface area contributed by atoms with Gasteiger partial charge in [-0.25, -0.2) is 4.39 Å². The third-order valence-corrected chi connectivity index (χ3v) is 5.12. The summed E-state index contributed by atoms with van der Waals surface area (Å²) in [5.74, 6) is -1.27. The average molecular weight is 442 g/mol. The Labute approximate surface area is 183 Å². The number of rotatable bonds is 6. The molecule has 1 aromatic heterocycles. The van der Waals surface area contributed by atoms with Crippen LogP contribution in [0, 0.1) is 5.82 Å². The normalized spacial score (nSPS) is 12.5. The van der Waals surface area contributed by atoms with Gasteiger partial charge in [0.15, 0.2) is 0 Å². The summed E-state index contributed by atoms with van der Waals surface area (Å²) in [4.78, 5) is 23.2. The van der Waals surface area contributed by atoms with Crippen LogP contribution in [-0.4, -0.2) is 21.4 Å². The molecule has 0 spiro atoms. The van der Waals surface area contributed by atoms with Crippen molar-refractivity contribution in [3.63, 3.8) is 0 Å². The highest BCUT2D eigenvalue weighted by Crippen LogP contribution is 2.33. The molecule has 1 unspecified atom stereocenters. The van der Waals surface area contributed by atoms with Gasteiger partial charge in [-0.2, -0.15) is 0 Å². The molecule has 0 fully saturated rings. The standard InChI is InChI=1S/C23H21ClFN3O3/c1-14(29)26-18-5-3-4-15(10-18)20(19-8-7-17(24)11-21(19)25)12-22(27-31)16-6-9-23(30)28(2)13-16/h3-11,13,20,31H,12H2,1-2H3,(H,26,29). The van der Waals surface area contributed by atoms with E-state index in [1.165, 1.54) is 23.6 Å². The highest BCUT2D eigenvalue weighted by atomic mass is 35.5. The summed E-state index contributed by atoms with van der Waals surface area (Å²) >= 11 is 5.93. The number of pyridine rings is 1. The lowest BCUT2D eigenvalue weighted by Gasteiger charge is -2.20. The van der Waals surface area contributed by atoms with E-state index in [9.17, 15) is 19.2 Å². The first-order valence-electron chi connectivity index (χ1n) is 9.49. The number of hydrogen-bond acceptors (Lipinski definition) is 4. The molecule has 8 heteroatoms. The van der Waals surface area contributed by atoms with Gasteiger partial charge in [0, 0.05) is 54.8 Å². The smallest absolute Gasteiger partial charge is 0.250 e. The topological polar surface area (TPSA) is 83.7 Å². The number of carbonyl (C=O) groups excluding carboxylic acids is 1. The highest BCUT2D eigenvalue weighted by molar-refractivity contribution is 6.30. The van der Waals surface area contributed by atoms with Crippen LogP contribution in [0.25, 0.3) is 0 Å². The molecule has 0 aliphatic rings. The van der Waals surface area contributed by atoms with Crippen molar-refractivity contribution in [1.82, 2.24) is 4.57 Å². The molecule has 1 atom stereocenters. The number of nitrogens with zero attached hydrogens (tertiary/aromatic N) is 2. The largest absolute Gasteiger partial charge is 0.411 e. The summed E-state index contributed by atoms with van der Waals surface area (Å²) in [5.41, 5.74) is 2.23. The van der Waals surface area contributed by atoms with Gasteiger partial charge < -0.3 is 15.1 Å². The van der Waals surface area contributed by atoms with Gasteiger partial charge >= 0.3 is 0 Å². The van der Waals surface area contributed by atoms with Gasteiger partial charge in [0.05, 0.1) is 5.71 Å². The Bertz CT molecular complexity index is 1210. The third-order valence-electron chi connectivity index (χ3n) is 4.88. The van der Waals surface area contributed by atoms with Crippen LogP contribution in [0.5, 0.6) is 0 Å². The molecule has 2 aromatic carbocycles. The zero-order valence-corrected chi connectivity index (χ0v) is 17.7. The van der Waals surface area contributed by atoms with Gasteiger partial charge in [0.25, 0.3) is 0 Å². The van der Waals surface area contributed by atoms with Crippen molar-refractivity contribution in [3.05, 3.63) is 98.7 Å². The predicted molar refractivity (Wildman–Crippen MR) is 119 cm³/mol. The first-order valence-corrected chi connectivity index (χ1v) is 9.86. The van der Waals surface area contributed by atoms with Crippen molar-refractivity contribution in [2.45, 2.75) is 19.3 Å². The molecule has 0 bridgehead atoms. The Morgan fingerprint density at radius 3 is 2.65 bits per heavy atom. The van der Waals surface area contributed by atoms with Crippen LogP contribution in [0.1, 0.15) is 36.0 Å². The molecular formula is C23H21ClFN3O3. The number of amides is 1. The number of halogens is 2. The number of hydrogen-bond donors (Lipinski definition) is 2. The Morgan fingerprint density at radius 1 is 1.23 bits per heavy atom. The second-order valence-corrected chi connectivity index (χ2v) is 7.58. The molecule has 0 saturated carbocycles. The van der Waals surface area contributed by atoms with E-state index in [0.717, 1.165) is 0 Å². The molecule has 3 rings (SSSR count). The number of nitrogens with one attached hydrogen (secondary N) is 1. The molecular weight excluding hydrogens is 421 g/mol. The van der Waals surface area contributed by atoms with Crippen LogP contribution >= 0.6 is 11.6 Å². The van der Waals surface area contributed by atoms with Crippen LogP contribution in [0.15, 0.2) is 70.7 Å². The number of aromatic nitrogens is 1. The molecule has 3 aromatic rings. The average Bonchev–Trinajstić information content (AvgIpc) is 2.71. The molecule has 31 heavy (non-hydrogen) atoms. The van der Waals surface area contributed by atoms with Crippen LogP contribution in [-0.2, 0) is 11.8 Å². The van der Waals surface area contributed by atoms with Crippen molar-refractivity contribution in [3.8, 4) is 0 Å². The first-order chi connectivity index (χ1) is 14.8. The quantitative estimate of drug-likeness (QED) is 0.334. The minimum absolute atomic E-state index is 0.136. The maximum Gasteiger partial charge on any atom is 0.250 e. The summed E-state index contributed by atoms with van der Waals surface area (Å²) < 4.78 is 16.2. The Hall–Kier alpha value is -3.45. The van der Waals surface area contributed by atoms with Crippen molar-refractivity contribution < 1.29 is 14.4 Å². The molecule has 6 nitrogen and oxygen atoms in total. The summed E-state index contributed by atoms with van der Waals surface area (Å²) in [7, 11) is 1.59. The van der Waals surface area contributed by atoms with Gasteiger partial charge in [-0.15, -0.1) is 0 Å². The van der Waals surface area contributed by atoms with E-state index in [1.54, 1.807) is 55.7 Å². The molecule has 1 amide bonds. The van der Waals surface area contributed by atoms with Crippen molar-refractivity contribution >= 4 is 28.9 Å². The lowest BCUT2D eigenvalue weighted by Crippen LogP contribution is -2.18. The summed E-state index contributed by atoms with van der Waals surface area (Å²) in [6.45, 7) is 1.40. The van der Waals surface area contributed by atoms with E-state index >= 15 is 0 Å². The maximum absolute atomic E-state index is 14.9. The lowest BCUT2D eigenvalue weighted by molar-refractivity contribution is -0.114. The summed E-state index contributed by atoms with van der Waals surface area (Å²) in [6.07, 6.45) is 1.69. The first kappa shape index (κ1) is 22.2. The number of carbonyl (C=O) groups is 1. The molecule has 1 heterocycles. The molecule has 0 aliphatic heterocycles. The van der Waals surface area contributed by atoms with E-state index in [2.05, 4.69) is 10.5 Å². The van der Waals surface area contributed by atoms with E-state index in [-0.39, 0.29) is 28.6 Å². The lowest BCUT2D eigenvalue weighted by atomic mass is 9.85. The number of anilines is 1. The SMILES string of the molecule is CC(=O)Nc1cccc(C(CC(=NO)c2ccc(=O)n(C)c2)c2ccc(Cl)cc2F)c1. The van der Waals surface area contributed by atoms with Crippen molar-refractivity contribution in [2.24, 2.45) is 12.2 Å². The number of oxime groups is 1. The molecule has 0 aliphatic carbocycles. The molecule has 160 valence electrons. The zero-order chi connectivity index (χ0) is 22.5. The van der Waals surface area contributed by atoms with Gasteiger partial charge in [-0.05, 0) is 41.5 Å². The van der Waals surface area contributed by atoms with Gasteiger partial charge in [-0.1, -0.05) is 35.0 Å². The van der Waals surface area contributed by atoms with E-state index in [0.29, 0.717) is 22.4 Å². The van der Waals surface area contributed by atoms with Crippen LogP contribution in [0.3, 0.4) is 0 Å². The summed E-state index contributed by atoms with van der Waals surface area (Å²) in [6, 6.07) is 14.4. The fourth-order valence-electron chi connectivity index (χ4n) is 3.40. The second kappa shape index (κ2) is 9.57. The van der Waals surface area contributed by atoms with E-state index in [4.69, 9.17) is 11.6 Å². The number of aryl methyl sites for hydroxylation is 1. The monoisotopic (exact) mass is 441 g/mol. The fourth-order valence-corrected chi connectivity index (χ4v) is 3.56. The molecule has 2 N–H and O–H groups in total. The minimum atomic E-state index is -0.547. The Balaban J connectivity index is 2.08. The maximum atomic E-state index is 14.9. The number of benzene rings is 2. The van der Waals surface area contributed by atoms with Crippen molar-refractivity contribution in [2.75, 3.05) is 5.32 Å². The molecule has 0 radical (unpaired) electrons. The van der Waals surface area contributed by atoms with E-state index in [1.807, 2.05) is 0 Å². The zero-order valence-electron chi connectivity index (χ0n) is 17.0. The van der Waals surface area contributed by atoms with E-state index < -0.39 is 11.7 Å².